The number of nitrogens with one attached hydrogen (secondary N) is 1. The molecular weight excluding hydrogens is 478 g/mol. The van der Waals surface area contributed by atoms with Gasteiger partial charge in [-0.15, -0.1) is 11.3 Å². The summed E-state index contributed by atoms with van der Waals surface area (Å²) in [6.45, 7) is 1.45. The van der Waals surface area contributed by atoms with Crippen molar-refractivity contribution in [3.8, 4) is 11.3 Å². The summed E-state index contributed by atoms with van der Waals surface area (Å²) in [6, 6.07) is 4.10. The van der Waals surface area contributed by atoms with Gasteiger partial charge in [0.05, 0.1) is 16.8 Å². The molecule has 0 unspecified atom stereocenters. The Hall–Kier alpha value is -3.74. The van der Waals surface area contributed by atoms with E-state index in [1.54, 1.807) is 13.0 Å². The SMILES string of the molecule is Cc1cc2c(c(=O)n(C)c(=O)n2C)n1CC(=O)Nc1nc(-c2ccc(C(F)(F)F)c(F)c2)cs1. The standard InChI is InChI=1S/C21H17F4N5O3S/c1-10-6-15-17(18(32)29(3)20(33)28(15)2)30(10)8-16(31)27-19-26-14(9-34-19)11-4-5-12(13(22)7-11)21(23,24)25/h4-7,9H,8H2,1-3H3,(H,26,27,31). The van der Waals surface area contributed by atoms with Gasteiger partial charge in [-0.25, -0.2) is 14.2 Å². The summed E-state index contributed by atoms with van der Waals surface area (Å²) < 4.78 is 55.9. The minimum Gasteiger partial charge on any atom is -0.330 e. The second kappa shape index (κ2) is 8.24. The average Bonchev–Trinajstić information content (AvgIpc) is 3.34. The van der Waals surface area contributed by atoms with Gasteiger partial charge in [-0.3, -0.25) is 18.7 Å². The Morgan fingerprint density at radius 2 is 1.85 bits per heavy atom. The van der Waals surface area contributed by atoms with Gasteiger partial charge in [0.1, 0.15) is 17.9 Å². The first-order valence-corrected chi connectivity index (χ1v) is 10.6. The van der Waals surface area contributed by atoms with E-state index in [0.717, 1.165) is 28.0 Å². The first-order chi connectivity index (χ1) is 15.9. The largest absolute Gasteiger partial charge is 0.419 e. The second-order valence-corrected chi connectivity index (χ2v) is 8.45. The van der Waals surface area contributed by atoms with Gasteiger partial charge in [0.2, 0.25) is 5.91 Å². The molecule has 4 rings (SSSR count). The smallest absolute Gasteiger partial charge is 0.330 e. The Bertz CT molecular complexity index is 1560. The highest BCUT2D eigenvalue weighted by Gasteiger charge is 2.34. The summed E-state index contributed by atoms with van der Waals surface area (Å²) in [5, 5.41) is 4.19. The van der Waals surface area contributed by atoms with Crippen LogP contribution in [0.1, 0.15) is 11.3 Å². The number of aryl methyl sites for hydroxylation is 2. The molecule has 3 heterocycles. The Kier molecular flexibility index (Phi) is 5.67. The molecule has 0 saturated heterocycles. The lowest BCUT2D eigenvalue weighted by Gasteiger charge is -2.09. The second-order valence-electron chi connectivity index (χ2n) is 7.59. The predicted octanol–water partition coefficient (Wildman–Crippen LogP) is 3.27. The highest BCUT2D eigenvalue weighted by atomic mass is 32.1. The summed E-state index contributed by atoms with van der Waals surface area (Å²) in [5.74, 6) is -1.94. The van der Waals surface area contributed by atoms with Gasteiger partial charge in [0.25, 0.3) is 5.56 Å². The molecule has 0 spiro atoms. The average molecular weight is 495 g/mol. The van der Waals surface area contributed by atoms with Crippen molar-refractivity contribution in [1.29, 1.82) is 0 Å². The van der Waals surface area contributed by atoms with Crippen LogP contribution in [0.2, 0.25) is 0 Å². The zero-order valence-electron chi connectivity index (χ0n) is 18.0. The monoisotopic (exact) mass is 495 g/mol. The molecule has 34 heavy (non-hydrogen) atoms. The zero-order valence-corrected chi connectivity index (χ0v) is 18.8. The molecule has 0 aliphatic carbocycles. The molecule has 13 heteroatoms. The van der Waals surface area contributed by atoms with Crippen LogP contribution in [-0.2, 0) is 31.6 Å². The van der Waals surface area contributed by atoms with E-state index in [-0.39, 0.29) is 28.5 Å². The number of anilines is 1. The number of carbonyl (C=O) groups excluding carboxylic acids is 1. The van der Waals surface area contributed by atoms with Crippen molar-refractivity contribution in [2.75, 3.05) is 5.32 Å². The van der Waals surface area contributed by atoms with Crippen molar-refractivity contribution in [3.05, 3.63) is 67.6 Å². The van der Waals surface area contributed by atoms with E-state index >= 15 is 0 Å². The summed E-state index contributed by atoms with van der Waals surface area (Å²) in [6.07, 6.45) is -4.81. The molecule has 8 nitrogen and oxygen atoms in total. The van der Waals surface area contributed by atoms with E-state index < -0.39 is 34.7 Å². The molecule has 1 aromatic carbocycles. The van der Waals surface area contributed by atoms with Crippen molar-refractivity contribution in [2.24, 2.45) is 14.1 Å². The van der Waals surface area contributed by atoms with E-state index in [9.17, 15) is 31.9 Å². The molecule has 0 saturated carbocycles. The van der Waals surface area contributed by atoms with E-state index in [4.69, 9.17) is 0 Å². The molecular formula is C21H17F4N5O3S. The van der Waals surface area contributed by atoms with Crippen molar-refractivity contribution in [1.82, 2.24) is 18.7 Å². The quantitative estimate of drug-likeness (QED) is 0.440. The number of rotatable bonds is 4. The van der Waals surface area contributed by atoms with E-state index in [1.165, 1.54) is 28.6 Å². The summed E-state index contributed by atoms with van der Waals surface area (Å²) in [5.41, 5.74) is -0.926. The van der Waals surface area contributed by atoms with Gasteiger partial charge < -0.3 is 9.88 Å². The number of halogens is 4. The predicted molar refractivity (Wildman–Crippen MR) is 118 cm³/mol. The summed E-state index contributed by atoms with van der Waals surface area (Å²) in [7, 11) is 2.87. The number of fused-ring (bicyclic) bond motifs is 1. The topological polar surface area (TPSA) is 90.9 Å². The van der Waals surface area contributed by atoms with Crippen LogP contribution in [0.25, 0.3) is 22.3 Å². The number of thiazole rings is 1. The lowest BCUT2D eigenvalue weighted by molar-refractivity contribution is -0.140. The molecule has 1 N–H and O–H groups in total. The van der Waals surface area contributed by atoms with Gasteiger partial charge in [-0.2, -0.15) is 13.2 Å². The highest BCUT2D eigenvalue weighted by Crippen LogP contribution is 2.34. The van der Waals surface area contributed by atoms with Crippen LogP contribution in [0.15, 0.2) is 39.2 Å². The lowest BCUT2D eigenvalue weighted by atomic mass is 10.1. The summed E-state index contributed by atoms with van der Waals surface area (Å²) >= 11 is 1.01. The number of benzene rings is 1. The molecule has 1 amide bonds. The Labute approximate surface area is 192 Å². The third-order valence-electron chi connectivity index (χ3n) is 5.35. The first-order valence-electron chi connectivity index (χ1n) is 9.77. The van der Waals surface area contributed by atoms with Crippen LogP contribution in [0.4, 0.5) is 22.7 Å². The number of hydrogen-bond acceptors (Lipinski definition) is 5. The lowest BCUT2D eigenvalue weighted by Crippen LogP contribution is -2.37. The van der Waals surface area contributed by atoms with Gasteiger partial charge in [0, 0.05) is 30.7 Å². The van der Waals surface area contributed by atoms with Gasteiger partial charge in [0.15, 0.2) is 5.13 Å². The Morgan fingerprint density at radius 1 is 1.15 bits per heavy atom. The zero-order chi connectivity index (χ0) is 24.9. The Morgan fingerprint density at radius 3 is 2.50 bits per heavy atom. The van der Waals surface area contributed by atoms with E-state index in [0.29, 0.717) is 17.3 Å². The minimum absolute atomic E-state index is 0.124. The molecule has 0 bridgehead atoms. The molecule has 3 aromatic heterocycles. The fourth-order valence-electron chi connectivity index (χ4n) is 3.59. The minimum atomic E-state index is -4.81. The maximum Gasteiger partial charge on any atom is 0.419 e. The number of alkyl halides is 3. The van der Waals surface area contributed by atoms with Crippen LogP contribution in [-0.4, -0.2) is 24.6 Å². The van der Waals surface area contributed by atoms with Crippen molar-refractivity contribution < 1.29 is 22.4 Å². The van der Waals surface area contributed by atoms with Gasteiger partial charge >= 0.3 is 11.9 Å². The maximum atomic E-state index is 13.9. The van der Waals surface area contributed by atoms with Crippen molar-refractivity contribution in [2.45, 2.75) is 19.6 Å². The number of hydrogen-bond donors (Lipinski definition) is 1. The molecule has 0 fully saturated rings. The van der Waals surface area contributed by atoms with Crippen LogP contribution in [0.5, 0.6) is 0 Å². The number of amides is 1. The third-order valence-corrected chi connectivity index (χ3v) is 6.11. The molecule has 0 aliphatic heterocycles. The third kappa shape index (κ3) is 4.02. The van der Waals surface area contributed by atoms with Crippen LogP contribution >= 0.6 is 11.3 Å². The van der Waals surface area contributed by atoms with Gasteiger partial charge in [-0.05, 0) is 25.1 Å². The van der Waals surface area contributed by atoms with E-state index in [2.05, 4.69) is 10.3 Å². The molecule has 0 atom stereocenters. The highest BCUT2D eigenvalue weighted by molar-refractivity contribution is 7.14. The Balaban J connectivity index is 1.58. The van der Waals surface area contributed by atoms with Crippen LogP contribution in [0, 0.1) is 12.7 Å². The summed E-state index contributed by atoms with van der Waals surface area (Å²) in [4.78, 5) is 41.6. The van der Waals surface area contributed by atoms with Gasteiger partial charge in [-0.1, -0.05) is 6.07 Å². The first kappa shape index (κ1) is 23.4. The normalized spacial score (nSPS) is 11.9. The molecule has 4 aromatic rings. The fourth-order valence-corrected chi connectivity index (χ4v) is 4.32. The molecule has 0 aliphatic rings. The number of nitrogens with zero attached hydrogens (tertiary/aromatic N) is 4. The van der Waals surface area contributed by atoms with Crippen LogP contribution in [0.3, 0.4) is 0 Å². The fraction of sp³-hybridized carbons (Fsp3) is 0.238. The number of carbonyl (C=O) groups is 1. The van der Waals surface area contributed by atoms with E-state index in [1.807, 2.05) is 0 Å². The van der Waals surface area contributed by atoms with Crippen molar-refractivity contribution >= 4 is 33.4 Å². The molecule has 0 radical (unpaired) electrons. The van der Waals surface area contributed by atoms with Crippen LogP contribution < -0.4 is 16.6 Å². The number of aromatic nitrogens is 4. The molecule has 178 valence electrons. The van der Waals surface area contributed by atoms with Crippen molar-refractivity contribution in [3.63, 3.8) is 0 Å². The maximum absolute atomic E-state index is 13.9.